The minimum Gasteiger partial charge on any atom is -0.368 e. The molecule has 0 aliphatic heterocycles. The lowest BCUT2D eigenvalue weighted by atomic mass is 9.97. The van der Waals surface area contributed by atoms with Gasteiger partial charge in [0.25, 0.3) is 0 Å². The molecule has 0 unspecified atom stereocenters. The second-order valence-electron chi connectivity index (χ2n) is 6.16. The lowest BCUT2D eigenvalue weighted by molar-refractivity contribution is -0.123. The van der Waals surface area contributed by atoms with Crippen molar-refractivity contribution in [1.29, 1.82) is 0 Å². The van der Waals surface area contributed by atoms with Crippen LogP contribution in [0.25, 0.3) is 0 Å². The van der Waals surface area contributed by atoms with Crippen LogP contribution in [0.3, 0.4) is 0 Å². The van der Waals surface area contributed by atoms with Crippen LogP contribution in [0.1, 0.15) is 64.4 Å². The summed E-state index contributed by atoms with van der Waals surface area (Å²) in [6.07, 6.45) is 4.59. The van der Waals surface area contributed by atoms with Crippen LogP contribution >= 0.6 is 0 Å². The van der Waals surface area contributed by atoms with Gasteiger partial charge in [-0.05, 0) is 33.6 Å². The van der Waals surface area contributed by atoms with E-state index in [0.29, 0.717) is 18.7 Å². The number of hydrogen-bond donors (Lipinski definition) is 3. The highest BCUT2D eigenvalue weighted by atomic mass is 16.2. The maximum Gasteiger partial charge on any atom is 0.316 e. The first kappa shape index (κ1) is 16.3. The summed E-state index contributed by atoms with van der Waals surface area (Å²) in [5.74, 6) is 0.197. The summed E-state index contributed by atoms with van der Waals surface area (Å²) in [4.78, 5) is 23.9. The molecule has 4 N–H and O–H groups in total. The van der Waals surface area contributed by atoms with Crippen molar-refractivity contribution in [3.8, 4) is 0 Å². The van der Waals surface area contributed by atoms with Gasteiger partial charge in [0, 0.05) is 6.04 Å². The molecule has 0 radical (unpaired) electrons. The van der Waals surface area contributed by atoms with Crippen molar-refractivity contribution in [1.82, 2.24) is 25.4 Å². The van der Waals surface area contributed by atoms with E-state index in [1.54, 1.807) is 6.33 Å². The molecule has 1 fully saturated rings. The molecule has 122 valence electrons. The molecule has 1 atom stereocenters. The topological polar surface area (TPSA) is 115 Å². The molecule has 0 saturated heterocycles. The van der Waals surface area contributed by atoms with Crippen molar-refractivity contribution in [2.24, 2.45) is 5.73 Å². The molecule has 1 saturated carbocycles. The van der Waals surface area contributed by atoms with Gasteiger partial charge in [-0.1, -0.05) is 12.8 Å². The van der Waals surface area contributed by atoms with Gasteiger partial charge in [-0.3, -0.25) is 4.79 Å². The highest BCUT2D eigenvalue weighted by Crippen LogP contribution is 2.29. The third kappa shape index (κ3) is 3.20. The molecule has 2 rings (SSSR count). The van der Waals surface area contributed by atoms with E-state index >= 15 is 0 Å². The summed E-state index contributed by atoms with van der Waals surface area (Å²) in [5, 5.41) is 13.5. The van der Waals surface area contributed by atoms with E-state index in [1.165, 1.54) is 0 Å². The van der Waals surface area contributed by atoms with Crippen LogP contribution in [0.5, 0.6) is 0 Å². The van der Waals surface area contributed by atoms with Crippen molar-refractivity contribution in [3.05, 3.63) is 12.2 Å². The number of amides is 3. The quantitative estimate of drug-likeness (QED) is 0.753. The first-order valence-corrected chi connectivity index (χ1v) is 7.64. The normalized spacial score (nSPS) is 18.2. The predicted octanol–water partition coefficient (Wildman–Crippen LogP) is 1.02. The van der Waals surface area contributed by atoms with Gasteiger partial charge in [0.05, 0.1) is 6.04 Å². The van der Waals surface area contributed by atoms with Crippen molar-refractivity contribution < 1.29 is 9.59 Å². The molecule has 1 aliphatic rings. The van der Waals surface area contributed by atoms with Gasteiger partial charge in [0.1, 0.15) is 11.9 Å². The van der Waals surface area contributed by atoms with Crippen LogP contribution < -0.4 is 16.4 Å². The zero-order valence-electron chi connectivity index (χ0n) is 13.3. The Balaban J connectivity index is 2.02. The summed E-state index contributed by atoms with van der Waals surface area (Å²) in [6.45, 7) is 5.86. The summed E-state index contributed by atoms with van der Waals surface area (Å²) < 4.78 is 1.89. The lowest BCUT2D eigenvalue weighted by Gasteiger charge is -2.27. The summed E-state index contributed by atoms with van der Waals surface area (Å²) in [6, 6.07) is -0.535. The van der Waals surface area contributed by atoms with Crippen LogP contribution in [0, 0.1) is 0 Å². The molecule has 1 aliphatic carbocycles. The smallest absolute Gasteiger partial charge is 0.316 e. The molecule has 1 aromatic heterocycles. The minimum absolute atomic E-state index is 0.198. The maximum absolute atomic E-state index is 12.2. The number of aromatic nitrogens is 3. The van der Waals surface area contributed by atoms with E-state index in [1.807, 2.05) is 25.3 Å². The third-order valence-electron chi connectivity index (χ3n) is 4.17. The van der Waals surface area contributed by atoms with Gasteiger partial charge < -0.3 is 20.9 Å². The molecule has 1 aromatic rings. The molecule has 1 heterocycles. The van der Waals surface area contributed by atoms with Crippen molar-refractivity contribution in [3.63, 3.8) is 0 Å². The summed E-state index contributed by atoms with van der Waals surface area (Å²) in [7, 11) is 0. The number of hydrogen-bond acceptors (Lipinski definition) is 4. The van der Waals surface area contributed by atoms with E-state index in [-0.39, 0.29) is 12.1 Å². The number of rotatable bonds is 5. The number of primary amides is 1. The Morgan fingerprint density at radius 1 is 1.32 bits per heavy atom. The fraction of sp³-hybridized carbons (Fsp3) is 0.714. The van der Waals surface area contributed by atoms with E-state index in [2.05, 4.69) is 20.8 Å². The average Bonchev–Trinajstić information content (AvgIpc) is 3.07. The molecule has 8 nitrogen and oxygen atoms in total. The molecule has 0 bridgehead atoms. The summed E-state index contributed by atoms with van der Waals surface area (Å²) in [5.41, 5.74) is 4.54. The highest BCUT2D eigenvalue weighted by Gasteiger charge is 2.41. The Morgan fingerprint density at radius 2 is 1.95 bits per heavy atom. The standard InChI is InChI=1S/C14H24N6O2/c1-9(2)20-8-16-19-11(20)10(3)17-13(22)18-14(12(15)21)6-4-5-7-14/h8-10H,4-7H2,1-3H3,(H2,15,21)(H2,17,18,22)/t10-/m1/s1. The Hall–Kier alpha value is -2.12. The van der Waals surface area contributed by atoms with Gasteiger partial charge in [-0.2, -0.15) is 0 Å². The zero-order valence-corrected chi connectivity index (χ0v) is 13.3. The van der Waals surface area contributed by atoms with Crippen LogP contribution in [-0.2, 0) is 4.79 Å². The van der Waals surface area contributed by atoms with Crippen molar-refractivity contribution >= 4 is 11.9 Å². The van der Waals surface area contributed by atoms with Gasteiger partial charge >= 0.3 is 6.03 Å². The fourth-order valence-electron chi connectivity index (χ4n) is 2.89. The highest BCUT2D eigenvalue weighted by molar-refractivity contribution is 5.90. The monoisotopic (exact) mass is 308 g/mol. The molecule has 3 amide bonds. The zero-order chi connectivity index (χ0) is 16.3. The fourth-order valence-corrected chi connectivity index (χ4v) is 2.89. The van der Waals surface area contributed by atoms with Crippen molar-refractivity contribution in [2.45, 2.75) is 64.1 Å². The number of nitrogens with zero attached hydrogens (tertiary/aromatic N) is 3. The number of nitrogens with two attached hydrogens (primary N) is 1. The Morgan fingerprint density at radius 3 is 2.50 bits per heavy atom. The summed E-state index contributed by atoms with van der Waals surface area (Å²) >= 11 is 0. The Bertz CT molecular complexity index is 547. The molecular weight excluding hydrogens is 284 g/mol. The third-order valence-corrected chi connectivity index (χ3v) is 4.17. The van der Waals surface area contributed by atoms with Crippen molar-refractivity contribution in [2.75, 3.05) is 0 Å². The van der Waals surface area contributed by atoms with Crippen LogP contribution in [0.4, 0.5) is 4.79 Å². The van der Waals surface area contributed by atoms with E-state index in [0.717, 1.165) is 12.8 Å². The number of carbonyl (C=O) groups excluding carboxylic acids is 2. The largest absolute Gasteiger partial charge is 0.368 e. The van der Waals surface area contributed by atoms with Crippen LogP contribution in [-0.4, -0.2) is 32.2 Å². The van der Waals surface area contributed by atoms with Gasteiger partial charge in [0.2, 0.25) is 5.91 Å². The van der Waals surface area contributed by atoms with Crippen LogP contribution in [0.15, 0.2) is 6.33 Å². The van der Waals surface area contributed by atoms with Gasteiger partial charge in [0.15, 0.2) is 5.82 Å². The predicted molar refractivity (Wildman–Crippen MR) is 80.9 cm³/mol. The van der Waals surface area contributed by atoms with E-state index < -0.39 is 17.5 Å². The van der Waals surface area contributed by atoms with Crippen LogP contribution in [0.2, 0.25) is 0 Å². The first-order valence-electron chi connectivity index (χ1n) is 7.64. The molecule has 0 spiro atoms. The average molecular weight is 308 g/mol. The SMILES string of the molecule is CC(C)n1cnnc1[C@@H](C)NC(=O)NC1(C(N)=O)CCCC1. The van der Waals surface area contributed by atoms with E-state index in [9.17, 15) is 9.59 Å². The first-order chi connectivity index (χ1) is 10.4. The number of nitrogens with one attached hydrogen (secondary N) is 2. The van der Waals surface area contributed by atoms with E-state index in [4.69, 9.17) is 5.73 Å². The number of urea groups is 1. The second kappa shape index (κ2) is 6.33. The maximum atomic E-state index is 12.2. The number of carbonyl (C=O) groups is 2. The lowest BCUT2D eigenvalue weighted by Crippen LogP contribution is -2.58. The molecule has 8 heteroatoms. The molecular formula is C14H24N6O2. The molecule has 0 aromatic carbocycles. The Kier molecular flexibility index (Phi) is 4.68. The second-order valence-corrected chi connectivity index (χ2v) is 6.16. The van der Waals surface area contributed by atoms with Gasteiger partial charge in [-0.15, -0.1) is 10.2 Å². The minimum atomic E-state index is -0.921. The van der Waals surface area contributed by atoms with Gasteiger partial charge in [-0.25, -0.2) is 4.79 Å². The molecule has 22 heavy (non-hydrogen) atoms. The Labute approximate surface area is 129 Å².